The molecule has 2 aromatic rings. The Morgan fingerprint density at radius 2 is 1.67 bits per heavy atom. The third kappa shape index (κ3) is 7.09. The fourth-order valence-corrected chi connectivity index (χ4v) is 2.42. The molecule has 2 aromatic carbocycles. The van der Waals surface area contributed by atoms with Crippen molar-refractivity contribution in [2.75, 3.05) is 25.6 Å². The third-order valence-corrected chi connectivity index (χ3v) is 3.99. The minimum Gasteiger partial charge on any atom is -0.492 e. The molecule has 27 heavy (non-hydrogen) atoms. The number of nitrogens with one attached hydrogen (secondary N) is 1. The molecule has 0 aliphatic heterocycles. The van der Waals surface area contributed by atoms with Gasteiger partial charge in [-0.25, -0.2) is 13.2 Å². The van der Waals surface area contributed by atoms with Crippen molar-refractivity contribution < 1.29 is 27.8 Å². The molecule has 2 unspecified atom stereocenters. The topological polar surface area (TPSA) is 76.7 Å². The first-order valence-corrected chi connectivity index (χ1v) is 8.42. The van der Waals surface area contributed by atoms with Gasteiger partial charge in [0.25, 0.3) is 0 Å². The molecule has 0 amide bonds. The van der Waals surface area contributed by atoms with Crippen LogP contribution in [0.4, 0.5) is 18.9 Å². The fraction of sp³-hybridized carbons (Fsp3) is 0.368. The normalized spacial score (nSPS) is 14.4. The van der Waals surface area contributed by atoms with E-state index in [1.54, 1.807) is 12.1 Å². The molecule has 148 valence electrons. The van der Waals surface area contributed by atoms with Gasteiger partial charge in [-0.3, -0.25) is 0 Å². The van der Waals surface area contributed by atoms with E-state index in [0.717, 1.165) is 18.2 Å². The van der Waals surface area contributed by atoms with Gasteiger partial charge < -0.3 is 25.6 Å². The van der Waals surface area contributed by atoms with Crippen molar-refractivity contribution in [2.24, 2.45) is 5.73 Å². The number of aliphatic hydroxyl groups is 1. The lowest BCUT2D eigenvalue weighted by atomic mass is 10.1. The van der Waals surface area contributed by atoms with Crippen LogP contribution in [0.25, 0.3) is 0 Å². The Hall–Kier alpha value is -2.29. The number of benzene rings is 2. The minimum atomic E-state index is -0.955. The molecular weight excluding hydrogens is 361 g/mol. The van der Waals surface area contributed by atoms with E-state index in [-0.39, 0.29) is 30.7 Å². The van der Waals surface area contributed by atoms with E-state index >= 15 is 0 Å². The highest BCUT2D eigenvalue weighted by Gasteiger charge is 2.21. The minimum absolute atomic E-state index is 0.00332. The van der Waals surface area contributed by atoms with Crippen LogP contribution < -0.4 is 15.8 Å². The highest BCUT2D eigenvalue weighted by atomic mass is 19.1. The Morgan fingerprint density at radius 3 is 2.26 bits per heavy atom. The van der Waals surface area contributed by atoms with Crippen LogP contribution in [0.15, 0.2) is 42.5 Å². The SMILES string of the molecule is COC(CNc1ccc(F)cc1)CC(O)[C@@H](N)COc1cc(F)cc(F)c1. The maximum atomic E-state index is 13.1. The molecule has 0 aliphatic carbocycles. The van der Waals surface area contributed by atoms with Gasteiger partial charge in [0.2, 0.25) is 0 Å². The summed E-state index contributed by atoms with van der Waals surface area (Å²) in [5.74, 6) is -1.85. The van der Waals surface area contributed by atoms with Crippen LogP contribution in [0.1, 0.15) is 6.42 Å². The molecule has 3 atom stereocenters. The van der Waals surface area contributed by atoms with Crippen LogP contribution in [-0.4, -0.2) is 43.6 Å². The molecule has 8 heteroatoms. The smallest absolute Gasteiger partial charge is 0.129 e. The second-order valence-corrected chi connectivity index (χ2v) is 6.13. The van der Waals surface area contributed by atoms with Gasteiger partial charge in [0.1, 0.15) is 29.8 Å². The molecule has 0 saturated carbocycles. The number of halogens is 3. The molecule has 0 heterocycles. The summed E-state index contributed by atoms with van der Waals surface area (Å²) >= 11 is 0. The molecule has 2 rings (SSSR count). The van der Waals surface area contributed by atoms with Gasteiger partial charge in [-0.15, -0.1) is 0 Å². The van der Waals surface area contributed by atoms with Gasteiger partial charge in [-0.2, -0.15) is 0 Å². The molecule has 0 aliphatic rings. The van der Waals surface area contributed by atoms with E-state index in [1.807, 2.05) is 0 Å². The molecule has 5 nitrogen and oxygen atoms in total. The van der Waals surface area contributed by atoms with Gasteiger partial charge >= 0.3 is 0 Å². The maximum Gasteiger partial charge on any atom is 0.129 e. The van der Waals surface area contributed by atoms with E-state index in [1.165, 1.54) is 19.2 Å². The van der Waals surface area contributed by atoms with E-state index in [4.69, 9.17) is 15.2 Å². The highest BCUT2D eigenvalue weighted by Crippen LogP contribution is 2.16. The number of ether oxygens (including phenoxy) is 2. The number of hydrogen-bond acceptors (Lipinski definition) is 5. The summed E-state index contributed by atoms with van der Waals surface area (Å²) in [6.07, 6.45) is -1.10. The van der Waals surface area contributed by atoms with Gasteiger partial charge in [0, 0.05) is 44.0 Å². The Labute approximate surface area is 155 Å². The Kier molecular flexibility index (Phi) is 7.90. The van der Waals surface area contributed by atoms with Crippen molar-refractivity contribution >= 4 is 5.69 Å². The maximum absolute atomic E-state index is 13.1. The number of anilines is 1. The summed E-state index contributed by atoms with van der Waals surface area (Å²) < 4.78 is 49.7. The van der Waals surface area contributed by atoms with E-state index in [9.17, 15) is 18.3 Å². The largest absolute Gasteiger partial charge is 0.492 e. The van der Waals surface area contributed by atoms with Crippen LogP contribution >= 0.6 is 0 Å². The predicted octanol–water partition coefficient (Wildman–Crippen LogP) is 2.69. The number of rotatable bonds is 10. The zero-order valence-corrected chi connectivity index (χ0v) is 14.9. The number of nitrogens with two attached hydrogens (primary N) is 1. The van der Waals surface area contributed by atoms with Crippen LogP contribution in [0.2, 0.25) is 0 Å². The zero-order valence-electron chi connectivity index (χ0n) is 14.9. The first kappa shape index (κ1) is 21.0. The van der Waals surface area contributed by atoms with Gasteiger partial charge in [-0.1, -0.05) is 0 Å². The fourth-order valence-electron chi connectivity index (χ4n) is 2.42. The lowest BCUT2D eigenvalue weighted by molar-refractivity contribution is 0.0343. The van der Waals surface area contributed by atoms with Gasteiger partial charge in [0.15, 0.2) is 0 Å². The van der Waals surface area contributed by atoms with Crippen LogP contribution in [-0.2, 0) is 4.74 Å². The standard InChI is InChI=1S/C19H23F3N2O3/c1-26-17(10-24-15-4-2-12(20)3-5-15)9-19(25)18(23)11-27-16-7-13(21)6-14(22)8-16/h2-8,17-19,24-25H,9-11,23H2,1H3/t17?,18-,19?/m0/s1. The first-order valence-electron chi connectivity index (χ1n) is 8.42. The second kappa shape index (κ2) is 10.1. The van der Waals surface area contributed by atoms with Crippen molar-refractivity contribution in [3.05, 3.63) is 59.9 Å². The second-order valence-electron chi connectivity index (χ2n) is 6.13. The summed E-state index contributed by atoms with van der Waals surface area (Å²) in [5, 5.41) is 13.3. The van der Waals surface area contributed by atoms with Crippen molar-refractivity contribution in [2.45, 2.75) is 24.7 Å². The lowest BCUT2D eigenvalue weighted by Crippen LogP contribution is -2.42. The van der Waals surface area contributed by atoms with Crippen molar-refractivity contribution in [1.82, 2.24) is 0 Å². The molecule has 0 saturated heterocycles. The molecule has 0 spiro atoms. The van der Waals surface area contributed by atoms with Crippen LogP contribution in [0.5, 0.6) is 5.75 Å². The van der Waals surface area contributed by atoms with Crippen LogP contribution in [0.3, 0.4) is 0 Å². The average molecular weight is 384 g/mol. The predicted molar refractivity (Wildman–Crippen MR) is 96.1 cm³/mol. The van der Waals surface area contributed by atoms with Crippen molar-refractivity contribution in [3.63, 3.8) is 0 Å². The molecule has 0 fully saturated rings. The highest BCUT2D eigenvalue weighted by molar-refractivity contribution is 5.42. The number of aliphatic hydroxyl groups excluding tert-OH is 1. The van der Waals surface area contributed by atoms with Gasteiger partial charge in [-0.05, 0) is 24.3 Å². The molecule has 0 aromatic heterocycles. The monoisotopic (exact) mass is 384 g/mol. The molecule has 0 bridgehead atoms. The summed E-state index contributed by atoms with van der Waals surface area (Å²) in [6.45, 7) is 0.258. The third-order valence-electron chi connectivity index (χ3n) is 3.99. The lowest BCUT2D eigenvalue weighted by Gasteiger charge is -2.24. The molecular formula is C19H23F3N2O3. The van der Waals surface area contributed by atoms with E-state index < -0.39 is 23.8 Å². The summed E-state index contributed by atoms with van der Waals surface area (Å²) in [5.41, 5.74) is 6.60. The Balaban J connectivity index is 1.80. The summed E-state index contributed by atoms with van der Waals surface area (Å²) in [4.78, 5) is 0. The Morgan fingerprint density at radius 1 is 1.04 bits per heavy atom. The quantitative estimate of drug-likeness (QED) is 0.587. The summed E-state index contributed by atoms with van der Waals surface area (Å²) in [6, 6.07) is 7.88. The number of methoxy groups -OCH3 is 1. The average Bonchev–Trinajstić information content (AvgIpc) is 2.63. The van der Waals surface area contributed by atoms with Gasteiger partial charge in [0.05, 0.1) is 18.2 Å². The van der Waals surface area contributed by atoms with E-state index in [0.29, 0.717) is 12.2 Å². The van der Waals surface area contributed by atoms with Crippen LogP contribution in [0, 0.1) is 17.5 Å². The number of hydrogen-bond donors (Lipinski definition) is 3. The summed E-state index contributed by atoms with van der Waals surface area (Å²) in [7, 11) is 1.50. The molecule has 4 N–H and O–H groups in total. The van der Waals surface area contributed by atoms with Crippen molar-refractivity contribution in [3.8, 4) is 5.75 Å². The molecule has 0 radical (unpaired) electrons. The van der Waals surface area contributed by atoms with E-state index in [2.05, 4.69) is 5.32 Å². The first-order chi connectivity index (χ1) is 12.9. The Bertz CT molecular complexity index is 696. The van der Waals surface area contributed by atoms with Crippen molar-refractivity contribution in [1.29, 1.82) is 0 Å². The zero-order chi connectivity index (χ0) is 19.8.